The van der Waals surface area contributed by atoms with E-state index in [2.05, 4.69) is 10.6 Å². The Bertz CT molecular complexity index is 861. The summed E-state index contributed by atoms with van der Waals surface area (Å²) < 4.78 is 16.5. The van der Waals surface area contributed by atoms with Crippen LogP contribution in [0, 0.1) is 0 Å². The zero-order valence-corrected chi connectivity index (χ0v) is 17.0. The number of ether oxygens (including phenoxy) is 3. The van der Waals surface area contributed by atoms with Gasteiger partial charge in [-0.15, -0.1) is 0 Å². The Morgan fingerprint density at radius 2 is 2.03 bits per heavy atom. The predicted octanol–water partition coefficient (Wildman–Crippen LogP) is 3.78. The van der Waals surface area contributed by atoms with Crippen LogP contribution in [-0.2, 0) is 9.53 Å². The highest BCUT2D eigenvalue weighted by Gasteiger charge is 2.15. The van der Waals surface area contributed by atoms with Crippen molar-refractivity contribution < 1.29 is 19.0 Å². The first-order chi connectivity index (χ1) is 14.1. The summed E-state index contributed by atoms with van der Waals surface area (Å²) in [6.45, 7) is 1.37. The van der Waals surface area contributed by atoms with Crippen LogP contribution in [0.3, 0.4) is 0 Å². The number of methoxy groups -OCH3 is 1. The van der Waals surface area contributed by atoms with Gasteiger partial charge in [0.2, 0.25) is 5.91 Å². The lowest BCUT2D eigenvalue weighted by molar-refractivity contribution is -0.115. The van der Waals surface area contributed by atoms with Crippen molar-refractivity contribution in [1.29, 1.82) is 0 Å². The van der Waals surface area contributed by atoms with E-state index < -0.39 is 0 Å². The molecule has 1 atom stereocenters. The van der Waals surface area contributed by atoms with Crippen molar-refractivity contribution in [2.75, 3.05) is 25.6 Å². The van der Waals surface area contributed by atoms with Gasteiger partial charge in [0.25, 0.3) is 0 Å². The zero-order chi connectivity index (χ0) is 20.5. The van der Waals surface area contributed by atoms with E-state index >= 15 is 0 Å². The second-order valence-electron chi connectivity index (χ2n) is 6.49. The van der Waals surface area contributed by atoms with Crippen molar-refractivity contribution in [2.24, 2.45) is 0 Å². The summed E-state index contributed by atoms with van der Waals surface area (Å²) in [6, 6.07) is 14.8. The topological polar surface area (TPSA) is 68.8 Å². The number of hydrogen-bond acceptors (Lipinski definition) is 5. The molecule has 0 bridgehead atoms. The average Bonchev–Trinajstić information content (AvgIpc) is 3.25. The highest BCUT2D eigenvalue weighted by Crippen LogP contribution is 2.19. The molecule has 2 aromatic carbocycles. The van der Waals surface area contributed by atoms with Gasteiger partial charge in [-0.1, -0.05) is 18.2 Å². The lowest BCUT2D eigenvalue weighted by Crippen LogP contribution is -2.32. The van der Waals surface area contributed by atoms with Gasteiger partial charge in [-0.25, -0.2) is 0 Å². The lowest BCUT2D eigenvalue weighted by Gasteiger charge is -2.12. The van der Waals surface area contributed by atoms with Crippen LogP contribution in [0.5, 0.6) is 11.5 Å². The van der Waals surface area contributed by atoms with Crippen molar-refractivity contribution in [3.05, 3.63) is 60.2 Å². The SMILES string of the molecule is COc1ccccc1C=CC(=O)NC(=S)Nc1ccc(OCC2CCCO2)cc1. The Labute approximate surface area is 175 Å². The van der Waals surface area contributed by atoms with E-state index in [0.29, 0.717) is 12.4 Å². The third-order valence-corrected chi connectivity index (χ3v) is 4.57. The van der Waals surface area contributed by atoms with Gasteiger partial charge in [0.05, 0.1) is 13.2 Å². The lowest BCUT2D eigenvalue weighted by atomic mass is 10.2. The molecule has 1 aliphatic heterocycles. The molecule has 6 nitrogen and oxygen atoms in total. The summed E-state index contributed by atoms with van der Waals surface area (Å²) in [6.07, 6.45) is 5.40. The summed E-state index contributed by atoms with van der Waals surface area (Å²) in [4.78, 5) is 12.1. The Balaban J connectivity index is 1.45. The van der Waals surface area contributed by atoms with E-state index in [1.54, 1.807) is 13.2 Å². The van der Waals surface area contributed by atoms with Crippen LogP contribution in [0.4, 0.5) is 5.69 Å². The fraction of sp³-hybridized carbons (Fsp3) is 0.273. The summed E-state index contributed by atoms with van der Waals surface area (Å²) in [5.74, 6) is 1.13. The monoisotopic (exact) mass is 412 g/mol. The highest BCUT2D eigenvalue weighted by atomic mass is 32.1. The van der Waals surface area contributed by atoms with Gasteiger partial charge >= 0.3 is 0 Å². The molecule has 0 aromatic heterocycles. The minimum Gasteiger partial charge on any atom is -0.496 e. The molecular weight excluding hydrogens is 388 g/mol. The molecule has 0 spiro atoms. The number of carbonyl (C=O) groups excluding carboxylic acids is 1. The Morgan fingerprint density at radius 1 is 1.24 bits per heavy atom. The van der Waals surface area contributed by atoms with Crippen LogP contribution in [0.1, 0.15) is 18.4 Å². The first-order valence-electron chi connectivity index (χ1n) is 9.41. The average molecular weight is 413 g/mol. The molecule has 1 unspecified atom stereocenters. The van der Waals surface area contributed by atoms with Gasteiger partial charge in [0, 0.05) is 23.9 Å². The van der Waals surface area contributed by atoms with Gasteiger partial charge in [-0.3, -0.25) is 10.1 Å². The third kappa shape index (κ3) is 6.58. The van der Waals surface area contributed by atoms with Crippen molar-refractivity contribution in [3.63, 3.8) is 0 Å². The summed E-state index contributed by atoms with van der Waals surface area (Å²) >= 11 is 5.20. The maximum atomic E-state index is 12.1. The minimum absolute atomic E-state index is 0.180. The van der Waals surface area contributed by atoms with Crippen molar-refractivity contribution in [1.82, 2.24) is 5.32 Å². The molecule has 0 radical (unpaired) electrons. The number of rotatable bonds is 7. The molecule has 2 aromatic rings. The summed E-state index contributed by atoms with van der Waals surface area (Å²) in [7, 11) is 1.59. The molecule has 1 amide bonds. The van der Waals surface area contributed by atoms with Crippen molar-refractivity contribution in [3.8, 4) is 11.5 Å². The first-order valence-corrected chi connectivity index (χ1v) is 9.82. The molecule has 2 N–H and O–H groups in total. The van der Waals surface area contributed by atoms with Crippen molar-refractivity contribution in [2.45, 2.75) is 18.9 Å². The maximum absolute atomic E-state index is 12.1. The number of nitrogens with one attached hydrogen (secondary N) is 2. The molecule has 7 heteroatoms. The van der Waals surface area contributed by atoms with Gasteiger partial charge in [0.1, 0.15) is 18.1 Å². The van der Waals surface area contributed by atoms with E-state index in [-0.39, 0.29) is 17.1 Å². The van der Waals surface area contributed by atoms with E-state index in [4.69, 9.17) is 26.4 Å². The summed E-state index contributed by atoms with van der Waals surface area (Å²) in [5, 5.41) is 5.81. The fourth-order valence-electron chi connectivity index (χ4n) is 2.88. The van der Waals surface area contributed by atoms with Crippen LogP contribution < -0.4 is 20.1 Å². The normalized spacial score (nSPS) is 15.8. The van der Waals surface area contributed by atoms with Crippen LogP contribution in [0.2, 0.25) is 0 Å². The Kier molecular flexibility index (Phi) is 7.61. The van der Waals surface area contributed by atoms with Crippen LogP contribution in [0.25, 0.3) is 6.08 Å². The number of carbonyl (C=O) groups is 1. The molecule has 1 fully saturated rings. The number of hydrogen-bond donors (Lipinski definition) is 2. The maximum Gasteiger partial charge on any atom is 0.250 e. The number of amides is 1. The first kappa shape index (κ1) is 20.8. The van der Waals surface area contributed by atoms with E-state index in [0.717, 1.165) is 36.4 Å². The fourth-order valence-corrected chi connectivity index (χ4v) is 3.10. The smallest absolute Gasteiger partial charge is 0.250 e. The van der Waals surface area contributed by atoms with Gasteiger partial charge < -0.3 is 19.5 Å². The highest BCUT2D eigenvalue weighted by molar-refractivity contribution is 7.80. The molecule has 0 aliphatic carbocycles. The van der Waals surface area contributed by atoms with Crippen LogP contribution >= 0.6 is 12.2 Å². The zero-order valence-electron chi connectivity index (χ0n) is 16.2. The molecule has 29 heavy (non-hydrogen) atoms. The molecule has 152 valence electrons. The number of thiocarbonyl (C=S) groups is 1. The Hall–Kier alpha value is -2.90. The number of benzene rings is 2. The second-order valence-corrected chi connectivity index (χ2v) is 6.90. The van der Waals surface area contributed by atoms with Crippen molar-refractivity contribution >= 4 is 35.0 Å². The molecule has 1 saturated heterocycles. The van der Waals surface area contributed by atoms with Gasteiger partial charge in [0.15, 0.2) is 5.11 Å². The number of para-hydroxylation sites is 1. The second kappa shape index (κ2) is 10.6. The van der Waals surface area contributed by atoms with Gasteiger partial charge in [-0.2, -0.15) is 0 Å². The van der Waals surface area contributed by atoms with E-state index in [9.17, 15) is 4.79 Å². The molecule has 1 aliphatic rings. The van der Waals surface area contributed by atoms with Gasteiger partial charge in [-0.05, 0) is 61.5 Å². The minimum atomic E-state index is -0.329. The van der Waals surface area contributed by atoms with Crippen LogP contribution in [-0.4, -0.2) is 37.4 Å². The Morgan fingerprint density at radius 3 is 2.76 bits per heavy atom. The summed E-state index contributed by atoms with van der Waals surface area (Å²) in [5.41, 5.74) is 1.57. The van der Waals surface area contributed by atoms with Crippen LogP contribution in [0.15, 0.2) is 54.6 Å². The largest absolute Gasteiger partial charge is 0.496 e. The molecule has 0 saturated carbocycles. The molecule has 1 heterocycles. The van der Waals surface area contributed by atoms with E-state index in [1.165, 1.54) is 6.08 Å². The quantitative estimate of drug-likeness (QED) is 0.533. The van der Waals surface area contributed by atoms with E-state index in [1.807, 2.05) is 48.5 Å². The standard InChI is InChI=1S/C22H24N2O4S/c1-26-20-7-3-2-5-16(20)8-13-21(25)24-22(29)23-17-9-11-18(12-10-17)28-15-19-6-4-14-27-19/h2-3,5,7-13,19H,4,6,14-15H2,1H3,(H2,23,24,25,29). The molecular formula is C22H24N2O4S. The number of anilines is 1. The molecule has 3 rings (SSSR count). The predicted molar refractivity (Wildman–Crippen MR) is 117 cm³/mol. The third-order valence-electron chi connectivity index (χ3n) is 4.36.